The zero-order valence-corrected chi connectivity index (χ0v) is 16.2. The molecule has 2 aromatic carbocycles. The second kappa shape index (κ2) is 8.20. The van der Waals surface area contributed by atoms with Crippen molar-refractivity contribution in [2.75, 3.05) is 20.5 Å². The van der Waals surface area contributed by atoms with Crippen LogP contribution in [0.4, 0.5) is 0 Å². The molecule has 0 amide bonds. The molecule has 8 heteroatoms. The Morgan fingerprint density at radius 2 is 1.92 bits per heavy atom. The van der Waals surface area contributed by atoms with E-state index >= 15 is 0 Å². The predicted octanol–water partition coefficient (Wildman–Crippen LogP) is 4.23. The highest BCUT2D eigenvalue weighted by molar-refractivity contribution is 7.98. The maximum absolute atomic E-state index is 5.46. The summed E-state index contributed by atoms with van der Waals surface area (Å²) >= 11 is 7.02. The van der Waals surface area contributed by atoms with Crippen molar-refractivity contribution in [3.8, 4) is 22.9 Å². The van der Waals surface area contributed by atoms with E-state index in [0.29, 0.717) is 22.1 Å². The van der Waals surface area contributed by atoms with Crippen molar-refractivity contribution in [2.45, 2.75) is 4.90 Å². The lowest BCUT2D eigenvalue weighted by Gasteiger charge is -2.09. The first-order chi connectivity index (χ1) is 12.7. The monoisotopic (exact) mass is 386 g/mol. The first-order valence-corrected chi connectivity index (χ1v) is 9.37. The van der Waals surface area contributed by atoms with Crippen molar-refractivity contribution in [3.63, 3.8) is 0 Å². The SMILES string of the molecule is COc1ccc(-c2n[nH]c(=S)n2/N=C\c2ccc(SC)cc2)c(OC)c1. The number of rotatable bonds is 6. The number of aromatic amines is 1. The zero-order valence-electron chi connectivity index (χ0n) is 14.6. The van der Waals surface area contributed by atoms with Crippen LogP contribution in [-0.4, -0.2) is 41.6 Å². The van der Waals surface area contributed by atoms with Gasteiger partial charge in [0.15, 0.2) is 5.82 Å². The summed E-state index contributed by atoms with van der Waals surface area (Å²) in [6, 6.07) is 13.6. The molecule has 3 aromatic rings. The van der Waals surface area contributed by atoms with Gasteiger partial charge in [0.25, 0.3) is 0 Å². The number of H-pyrrole nitrogens is 1. The Labute approximate surface area is 160 Å². The van der Waals surface area contributed by atoms with Crippen LogP contribution in [0.25, 0.3) is 11.4 Å². The van der Waals surface area contributed by atoms with Crippen LogP contribution in [0.3, 0.4) is 0 Å². The Morgan fingerprint density at radius 3 is 2.58 bits per heavy atom. The van der Waals surface area contributed by atoms with Gasteiger partial charge in [-0.2, -0.15) is 14.9 Å². The Bertz CT molecular complexity index is 978. The van der Waals surface area contributed by atoms with Crippen LogP contribution < -0.4 is 9.47 Å². The van der Waals surface area contributed by atoms with E-state index in [1.807, 2.05) is 42.7 Å². The standard InChI is InChI=1S/C18H18N4O2S2/c1-23-13-6-9-15(16(10-13)24-2)17-20-21-18(25)22(17)19-11-12-4-7-14(26-3)8-5-12/h4-11H,1-3H3,(H,21,25)/b19-11-. The van der Waals surface area contributed by atoms with Gasteiger partial charge in [0.2, 0.25) is 4.77 Å². The summed E-state index contributed by atoms with van der Waals surface area (Å²) in [5, 5.41) is 11.6. The summed E-state index contributed by atoms with van der Waals surface area (Å²) in [6.07, 6.45) is 3.79. The fourth-order valence-electron chi connectivity index (χ4n) is 2.37. The number of methoxy groups -OCH3 is 2. The van der Waals surface area contributed by atoms with Gasteiger partial charge in [-0.15, -0.1) is 11.8 Å². The van der Waals surface area contributed by atoms with Gasteiger partial charge >= 0.3 is 0 Å². The second-order valence-electron chi connectivity index (χ2n) is 5.25. The number of aromatic nitrogens is 3. The summed E-state index contributed by atoms with van der Waals surface area (Å²) in [5.41, 5.74) is 1.73. The van der Waals surface area contributed by atoms with E-state index in [-0.39, 0.29) is 0 Å². The molecule has 0 aliphatic heterocycles. The molecule has 6 nitrogen and oxygen atoms in total. The Balaban J connectivity index is 1.99. The molecule has 0 saturated carbocycles. The fraction of sp³-hybridized carbons (Fsp3) is 0.167. The van der Waals surface area contributed by atoms with Gasteiger partial charge in [-0.05, 0) is 48.3 Å². The molecule has 0 saturated heterocycles. The topological polar surface area (TPSA) is 64.4 Å². The quantitative estimate of drug-likeness (QED) is 0.390. The minimum Gasteiger partial charge on any atom is -0.497 e. The highest BCUT2D eigenvalue weighted by atomic mass is 32.2. The smallest absolute Gasteiger partial charge is 0.216 e. The lowest BCUT2D eigenvalue weighted by Crippen LogP contribution is -1.98. The minimum atomic E-state index is 0.398. The predicted molar refractivity (Wildman–Crippen MR) is 107 cm³/mol. The third-order valence-corrected chi connectivity index (χ3v) is 4.75. The van der Waals surface area contributed by atoms with Crippen molar-refractivity contribution < 1.29 is 9.47 Å². The van der Waals surface area contributed by atoms with Crippen LogP contribution in [0.15, 0.2) is 52.5 Å². The lowest BCUT2D eigenvalue weighted by atomic mass is 10.2. The molecular formula is C18H18N4O2S2. The number of benzene rings is 2. The van der Waals surface area contributed by atoms with E-state index in [1.54, 1.807) is 42.9 Å². The Morgan fingerprint density at radius 1 is 1.15 bits per heavy atom. The van der Waals surface area contributed by atoms with Crippen LogP contribution in [0.5, 0.6) is 11.5 Å². The van der Waals surface area contributed by atoms with E-state index in [1.165, 1.54) is 4.90 Å². The Hall–Kier alpha value is -2.58. The molecule has 0 spiro atoms. The van der Waals surface area contributed by atoms with Gasteiger partial charge < -0.3 is 9.47 Å². The summed E-state index contributed by atoms with van der Waals surface area (Å²) in [6.45, 7) is 0. The molecule has 0 fully saturated rings. The number of nitrogens with zero attached hydrogens (tertiary/aromatic N) is 3. The summed E-state index contributed by atoms with van der Waals surface area (Å²) in [5.74, 6) is 1.88. The molecule has 0 atom stereocenters. The van der Waals surface area contributed by atoms with Crippen LogP contribution in [0.2, 0.25) is 0 Å². The average molecular weight is 387 g/mol. The molecule has 1 N–H and O–H groups in total. The Kier molecular flexibility index (Phi) is 5.75. The third kappa shape index (κ3) is 3.81. The van der Waals surface area contributed by atoms with Crippen LogP contribution in [0, 0.1) is 4.77 Å². The summed E-state index contributed by atoms with van der Waals surface area (Å²) in [7, 11) is 3.21. The first kappa shape index (κ1) is 18.2. The molecule has 0 aliphatic rings. The number of hydrogen-bond acceptors (Lipinski definition) is 6. The van der Waals surface area contributed by atoms with Crippen LogP contribution in [-0.2, 0) is 0 Å². The fourth-order valence-corrected chi connectivity index (χ4v) is 2.96. The normalized spacial score (nSPS) is 11.0. The number of ether oxygens (including phenoxy) is 2. The van der Waals surface area contributed by atoms with Gasteiger partial charge in [-0.3, -0.25) is 0 Å². The van der Waals surface area contributed by atoms with Crippen molar-refractivity contribution in [1.29, 1.82) is 0 Å². The van der Waals surface area contributed by atoms with Crippen LogP contribution in [0.1, 0.15) is 5.56 Å². The van der Waals surface area contributed by atoms with Gasteiger partial charge in [0.1, 0.15) is 11.5 Å². The largest absolute Gasteiger partial charge is 0.497 e. The molecule has 134 valence electrons. The molecule has 0 radical (unpaired) electrons. The molecule has 0 unspecified atom stereocenters. The molecule has 26 heavy (non-hydrogen) atoms. The summed E-state index contributed by atoms with van der Waals surface area (Å²) < 4.78 is 12.7. The molecule has 1 heterocycles. The van der Waals surface area contributed by atoms with E-state index in [9.17, 15) is 0 Å². The molecule has 3 rings (SSSR count). The lowest BCUT2D eigenvalue weighted by molar-refractivity contribution is 0.395. The van der Waals surface area contributed by atoms with Gasteiger partial charge in [0.05, 0.1) is 26.0 Å². The van der Waals surface area contributed by atoms with E-state index < -0.39 is 0 Å². The van der Waals surface area contributed by atoms with E-state index in [0.717, 1.165) is 11.1 Å². The minimum absolute atomic E-state index is 0.398. The molecule has 0 aliphatic carbocycles. The molecular weight excluding hydrogens is 368 g/mol. The van der Waals surface area contributed by atoms with Gasteiger partial charge in [-0.25, -0.2) is 5.10 Å². The van der Waals surface area contributed by atoms with Crippen LogP contribution >= 0.6 is 24.0 Å². The molecule has 0 bridgehead atoms. The van der Waals surface area contributed by atoms with E-state index in [4.69, 9.17) is 21.7 Å². The number of nitrogens with one attached hydrogen (secondary N) is 1. The second-order valence-corrected chi connectivity index (χ2v) is 6.51. The maximum atomic E-state index is 5.46. The zero-order chi connectivity index (χ0) is 18.5. The first-order valence-electron chi connectivity index (χ1n) is 7.74. The highest BCUT2D eigenvalue weighted by Crippen LogP contribution is 2.32. The number of hydrogen-bond donors (Lipinski definition) is 1. The van der Waals surface area contributed by atoms with E-state index in [2.05, 4.69) is 15.3 Å². The molecule has 1 aromatic heterocycles. The van der Waals surface area contributed by atoms with Crippen molar-refractivity contribution in [3.05, 3.63) is 52.8 Å². The highest BCUT2D eigenvalue weighted by Gasteiger charge is 2.14. The maximum Gasteiger partial charge on any atom is 0.216 e. The van der Waals surface area contributed by atoms with Crippen molar-refractivity contribution >= 4 is 30.2 Å². The average Bonchev–Trinajstić information content (AvgIpc) is 3.06. The van der Waals surface area contributed by atoms with Crippen molar-refractivity contribution in [1.82, 2.24) is 14.9 Å². The third-order valence-electron chi connectivity index (χ3n) is 3.74. The van der Waals surface area contributed by atoms with Gasteiger partial charge in [-0.1, -0.05) is 12.1 Å². The summed E-state index contributed by atoms with van der Waals surface area (Å²) in [4.78, 5) is 1.20. The van der Waals surface area contributed by atoms with Gasteiger partial charge in [0, 0.05) is 11.0 Å². The number of thioether (sulfide) groups is 1. The van der Waals surface area contributed by atoms with Crippen molar-refractivity contribution in [2.24, 2.45) is 5.10 Å².